The molecule has 168 valence electrons. The van der Waals surface area contributed by atoms with Crippen LogP contribution in [0.5, 0.6) is 0 Å². The number of piperidine rings is 2. The van der Waals surface area contributed by atoms with Crippen LogP contribution >= 0.6 is 0 Å². The third-order valence-corrected chi connectivity index (χ3v) is 6.46. The number of halogens is 1. The Kier molecular flexibility index (Phi) is 5.73. The number of oxazole rings is 1. The zero-order valence-corrected chi connectivity index (χ0v) is 18.1. The molecule has 2 N–H and O–H groups in total. The van der Waals surface area contributed by atoms with Crippen LogP contribution in [0.1, 0.15) is 38.0 Å². The van der Waals surface area contributed by atoms with Gasteiger partial charge in [-0.05, 0) is 56.4 Å². The smallest absolute Gasteiger partial charge is 0.323 e. The second-order valence-electron chi connectivity index (χ2n) is 8.63. The van der Waals surface area contributed by atoms with Gasteiger partial charge in [0.25, 0.3) is 0 Å². The molecule has 4 heterocycles. The molecule has 2 aliphatic heterocycles. The SMILES string of the molecule is Cc1ncc(-c2ccc3nnc(NC(=O)N4[C@@H]5CCC[C@H]4C[C@@H](NCCF)C5)cc3c2)o1. The lowest BCUT2D eigenvalue weighted by Crippen LogP contribution is -2.59. The second kappa shape index (κ2) is 8.82. The van der Waals surface area contributed by atoms with Crippen LogP contribution < -0.4 is 10.6 Å². The summed E-state index contributed by atoms with van der Waals surface area (Å²) in [5, 5.41) is 15.6. The van der Waals surface area contributed by atoms with Gasteiger partial charge < -0.3 is 14.6 Å². The molecule has 2 aliphatic rings. The lowest BCUT2D eigenvalue weighted by Gasteiger charge is -2.48. The summed E-state index contributed by atoms with van der Waals surface area (Å²) < 4.78 is 18.2. The van der Waals surface area contributed by atoms with E-state index in [1.807, 2.05) is 29.2 Å². The molecular weight excluding hydrogens is 411 g/mol. The first-order valence-electron chi connectivity index (χ1n) is 11.2. The highest BCUT2D eigenvalue weighted by molar-refractivity contribution is 5.92. The lowest BCUT2D eigenvalue weighted by atomic mass is 9.82. The van der Waals surface area contributed by atoms with E-state index in [2.05, 4.69) is 25.8 Å². The van der Waals surface area contributed by atoms with Gasteiger partial charge in [-0.2, -0.15) is 0 Å². The van der Waals surface area contributed by atoms with Gasteiger partial charge >= 0.3 is 6.03 Å². The molecule has 2 amide bonds. The Hall–Kier alpha value is -3.07. The quantitative estimate of drug-likeness (QED) is 0.623. The van der Waals surface area contributed by atoms with Crippen LogP contribution in [-0.2, 0) is 0 Å². The first kappa shape index (κ1) is 20.8. The number of amides is 2. The largest absolute Gasteiger partial charge is 0.441 e. The standard InChI is InChI=1S/C23H27FN6O2/c1-14-26-13-21(32-14)15-5-6-20-16(9-15)10-22(29-28-20)27-23(31)30-18-3-2-4-19(30)12-17(11-18)25-8-7-24/h5-6,9-10,13,17-19,25H,2-4,7-8,11-12H2,1H3,(H,27,29,31)/t17-,18+,19-. The molecule has 5 rings (SSSR count). The van der Waals surface area contributed by atoms with Crippen LogP contribution in [0.3, 0.4) is 0 Å². The first-order chi connectivity index (χ1) is 15.6. The van der Waals surface area contributed by atoms with Gasteiger partial charge in [0.05, 0.1) is 11.7 Å². The van der Waals surface area contributed by atoms with Crippen LogP contribution in [0.2, 0.25) is 0 Å². The Labute approximate surface area is 185 Å². The van der Waals surface area contributed by atoms with Gasteiger partial charge in [-0.3, -0.25) is 5.32 Å². The molecule has 0 radical (unpaired) electrons. The third-order valence-electron chi connectivity index (χ3n) is 6.46. The Morgan fingerprint density at radius 3 is 2.75 bits per heavy atom. The average molecular weight is 439 g/mol. The van der Waals surface area contributed by atoms with E-state index in [1.165, 1.54) is 0 Å². The van der Waals surface area contributed by atoms with Gasteiger partial charge in [-0.15, -0.1) is 10.2 Å². The van der Waals surface area contributed by atoms with Crippen molar-refractivity contribution in [3.63, 3.8) is 0 Å². The third kappa shape index (κ3) is 4.17. The molecule has 8 nitrogen and oxygen atoms in total. The van der Waals surface area contributed by atoms with E-state index >= 15 is 0 Å². The van der Waals surface area contributed by atoms with Crippen molar-refractivity contribution in [2.75, 3.05) is 18.5 Å². The van der Waals surface area contributed by atoms with Crippen molar-refractivity contribution in [1.29, 1.82) is 0 Å². The number of hydrogen-bond acceptors (Lipinski definition) is 6. The minimum absolute atomic E-state index is 0.140. The summed E-state index contributed by atoms with van der Waals surface area (Å²) in [6.07, 6.45) is 6.47. The highest BCUT2D eigenvalue weighted by Gasteiger charge is 2.40. The van der Waals surface area contributed by atoms with Gasteiger partial charge in [0.1, 0.15) is 6.67 Å². The number of anilines is 1. The van der Waals surface area contributed by atoms with Crippen molar-refractivity contribution >= 4 is 22.8 Å². The summed E-state index contributed by atoms with van der Waals surface area (Å²) >= 11 is 0. The molecule has 2 saturated heterocycles. The van der Waals surface area contributed by atoms with E-state index in [1.54, 1.807) is 13.1 Å². The Morgan fingerprint density at radius 1 is 1.22 bits per heavy atom. The minimum atomic E-state index is -0.367. The predicted molar refractivity (Wildman–Crippen MR) is 119 cm³/mol. The minimum Gasteiger partial charge on any atom is -0.441 e. The number of benzene rings is 1. The predicted octanol–water partition coefficient (Wildman–Crippen LogP) is 4.07. The van der Waals surface area contributed by atoms with E-state index in [0.29, 0.717) is 24.0 Å². The summed E-state index contributed by atoms with van der Waals surface area (Å²) in [7, 11) is 0. The molecule has 32 heavy (non-hydrogen) atoms. The first-order valence-corrected chi connectivity index (χ1v) is 11.2. The van der Waals surface area contributed by atoms with Gasteiger partial charge in [0.2, 0.25) is 0 Å². The van der Waals surface area contributed by atoms with Crippen molar-refractivity contribution in [3.8, 4) is 11.3 Å². The fourth-order valence-electron chi connectivity index (χ4n) is 5.07. The molecule has 9 heteroatoms. The number of aromatic nitrogens is 3. The molecule has 3 atom stereocenters. The summed E-state index contributed by atoms with van der Waals surface area (Å²) in [5.74, 6) is 1.71. The molecule has 2 bridgehead atoms. The molecule has 0 spiro atoms. The van der Waals surface area contributed by atoms with Crippen molar-refractivity contribution in [2.45, 2.75) is 57.2 Å². The fourth-order valence-corrected chi connectivity index (χ4v) is 5.07. The monoisotopic (exact) mass is 438 g/mol. The molecule has 3 aromatic rings. The number of nitrogens with one attached hydrogen (secondary N) is 2. The molecule has 0 saturated carbocycles. The van der Waals surface area contributed by atoms with Crippen LogP contribution in [0.25, 0.3) is 22.2 Å². The number of nitrogens with zero attached hydrogens (tertiary/aromatic N) is 4. The number of aryl methyl sites for hydroxylation is 1. The van der Waals surface area contributed by atoms with Gasteiger partial charge in [0, 0.05) is 42.5 Å². The fraction of sp³-hybridized carbons (Fsp3) is 0.478. The van der Waals surface area contributed by atoms with E-state index < -0.39 is 0 Å². The van der Waals surface area contributed by atoms with Crippen molar-refractivity contribution < 1.29 is 13.6 Å². The lowest BCUT2D eigenvalue weighted by molar-refractivity contribution is 0.0611. The number of urea groups is 1. The van der Waals surface area contributed by atoms with E-state index in [0.717, 1.165) is 48.6 Å². The molecule has 0 aliphatic carbocycles. The van der Waals surface area contributed by atoms with Gasteiger partial charge in [0.15, 0.2) is 17.5 Å². The van der Waals surface area contributed by atoms with Crippen molar-refractivity contribution in [2.24, 2.45) is 0 Å². The van der Waals surface area contributed by atoms with Crippen LogP contribution in [0.4, 0.5) is 15.0 Å². The van der Waals surface area contributed by atoms with Crippen LogP contribution in [0.15, 0.2) is 34.9 Å². The van der Waals surface area contributed by atoms with E-state index in [-0.39, 0.29) is 30.8 Å². The normalized spacial score (nSPS) is 22.8. The number of alkyl halides is 1. The van der Waals surface area contributed by atoms with Gasteiger partial charge in [-0.25, -0.2) is 14.2 Å². The zero-order valence-electron chi connectivity index (χ0n) is 18.1. The van der Waals surface area contributed by atoms with Crippen LogP contribution in [0, 0.1) is 6.92 Å². The Morgan fingerprint density at radius 2 is 2.03 bits per heavy atom. The summed E-state index contributed by atoms with van der Waals surface area (Å²) in [6.45, 7) is 1.81. The molecule has 0 unspecified atom stereocenters. The van der Waals surface area contributed by atoms with E-state index in [9.17, 15) is 9.18 Å². The van der Waals surface area contributed by atoms with E-state index in [4.69, 9.17) is 4.42 Å². The highest BCUT2D eigenvalue weighted by Crippen LogP contribution is 2.34. The summed E-state index contributed by atoms with van der Waals surface area (Å²) in [5.41, 5.74) is 1.63. The number of carbonyl (C=O) groups excluding carboxylic acids is 1. The zero-order chi connectivity index (χ0) is 22.1. The number of fused-ring (bicyclic) bond motifs is 3. The molecule has 2 fully saturated rings. The highest BCUT2D eigenvalue weighted by atomic mass is 19.1. The second-order valence-corrected chi connectivity index (χ2v) is 8.63. The Bertz CT molecular complexity index is 1100. The summed E-state index contributed by atoms with van der Waals surface area (Å²) in [4.78, 5) is 19.3. The molecule has 1 aromatic carbocycles. The van der Waals surface area contributed by atoms with Crippen LogP contribution in [-0.4, -0.2) is 57.5 Å². The number of hydrogen-bond donors (Lipinski definition) is 2. The topological polar surface area (TPSA) is 96.2 Å². The average Bonchev–Trinajstić information content (AvgIpc) is 3.22. The maximum absolute atomic E-state index is 13.2. The number of carbonyl (C=O) groups is 1. The maximum atomic E-state index is 13.2. The van der Waals surface area contributed by atoms with Gasteiger partial charge in [-0.1, -0.05) is 0 Å². The number of rotatable bonds is 5. The van der Waals surface area contributed by atoms with Crippen molar-refractivity contribution in [3.05, 3.63) is 36.4 Å². The molecular formula is C23H27FN6O2. The molecule has 2 aromatic heterocycles. The Balaban J connectivity index is 1.33. The maximum Gasteiger partial charge on any atom is 0.323 e. The summed E-state index contributed by atoms with van der Waals surface area (Å²) in [6, 6.07) is 8.03. The van der Waals surface area contributed by atoms with Crippen molar-refractivity contribution in [1.82, 2.24) is 25.4 Å².